The molecule has 3 N–H and O–H groups in total. The summed E-state index contributed by atoms with van der Waals surface area (Å²) in [5.74, 6) is 2.67. The van der Waals surface area contributed by atoms with Crippen molar-refractivity contribution in [1.82, 2.24) is 10.3 Å². The van der Waals surface area contributed by atoms with Crippen LogP contribution in [0, 0.1) is 19.3 Å². The number of anilines is 1. The van der Waals surface area contributed by atoms with E-state index in [1.165, 1.54) is 0 Å². The molecule has 0 aliphatic heterocycles. The molecule has 5 heteroatoms. The molecule has 0 spiro atoms. The van der Waals surface area contributed by atoms with E-state index in [2.05, 4.69) is 21.5 Å². The molecule has 84 valence electrons. The van der Waals surface area contributed by atoms with Crippen molar-refractivity contribution >= 4 is 11.8 Å². The second kappa shape index (κ2) is 5.73. The summed E-state index contributed by atoms with van der Waals surface area (Å²) in [6, 6.07) is 4.08. The summed E-state index contributed by atoms with van der Waals surface area (Å²) < 4.78 is 0. The van der Waals surface area contributed by atoms with Gasteiger partial charge in [-0.15, -0.1) is 6.42 Å². The number of rotatable bonds is 3. The molecule has 0 saturated heterocycles. The fourth-order valence-electron chi connectivity index (χ4n) is 1.06. The average molecular weight is 219 g/mol. The minimum atomic E-state index is -0.690. The number of aliphatic hydroxyl groups is 1. The van der Waals surface area contributed by atoms with Gasteiger partial charge in [0.1, 0.15) is 11.9 Å². The quantitative estimate of drug-likeness (QED) is 0.648. The molecule has 1 atom stereocenters. The molecule has 0 unspecified atom stereocenters. The fraction of sp³-hybridized carbons (Fsp3) is 0.273. The summed E-state index contributed by atoms with van der Waals surface area (Å²) in [5, 5.41) is 13.7. The Bertz CT molecular complexity index is 412. The summed E-state index contributed by atoms with van der Waals surface area (Å²) in [6.45, 7) is 1.52. The Kier molecular flexibility index (Phi) is 4.30. The number of amides is 2. The molecule has 0 fully saturated rings. The Labute approximate surface area is 93.9 Å². The van der Waals surface area contributed by atoms with Gasteiger partial charge in [0.05, 0.1) is 6.61 Å². The molecule has 1 aromatic rings. The van der Waals surface area contributed by atoms with Crippen molar-refractivity contribution in [3.63, 3.8) is 0 Å². The van der Waals surface area contributed by atoms with Crippen LogP contribution in [-0.2, 0) is 0 Å². The van der Waals surface area contributed by atoms with Crippen molar-refractivity contribution in [2.75, 3.05) is 11.9 Å². The van der Waals surface area contributed by atoms with E-state index >= 15 is 0 Å². The molecule has 0 aromatic carbocycles. The van der Waals surface area contributed by atoms with E-state index in [1.807, 2.05) is 13.0 Å². The van der Waals surface area contributed by atoms with Crippen LogP contribution in [0.4, 0.5) is 10.6 Å². The second-order valence-electron chi connectivity index (χ2n) is 3.16. The zero-order chi connectivity index (χ0) is 12.0. The zero-order valence-electron chi connectivity index (χ0n) is 8.90. The van der Waals surface area contributed by atoms with E-state index in [4.69, 9.17) is 11.5 Å². The van der Waals surface area contributed by atoms with Crippen LogP contribution in [-0.4, -0.2) is 28.8 Å². The van der Waals surface area contributed by atoms with Crippen LogP contribution in [0.3, 0.4) is 0 Å². The minimum Gasteiger partial charge on any atom is -0.393 e. The van der Waals surface area contributed by atoms with E-state index in [1.54, 1.807) is 12.1 Å². The minimum absolute atomic E-state index is 0.300. The highest BCUT2D eigenvalue weighted by atomic mass is 16.3. The number of aromatic nitrogens is 1. The third-order valence-electron chi connectivity index (χ3n) is 1.82. The maximum atomic E-state index is 11.4. The third-order valence-corrected chi connectivity index (χ3v) is 1.82. The van der Waals surface area contributed by atoms with Crippen molar-refractivity contribution in [3.05, 3.63) is 23.9 Å². The maximum Gasteiger partial charge on any atom is 0.321 e. The molecule has 0 aliphatic carbocycles. The first-order chi connectivity index (χ1) is 7.65. The molecular formula is C11H13N3O2. The number of pyridine rings is 1. The first-order valence-corrected chi connectivity index (χ1v) is 4.74. The molecule has 2 amide bonds. The number of hydrogen-bond donors (Lipinski definition) is 3. The van der Waals surface area contributed by atoms with Crippen molar-refractivity contribution in [3.8, 4) is 12.3 Å². The first-order valence-electron chi connectivity index (χ1n) is 4.74. The normalized spacial score (nSPS) is 11.3. The van der Waals surface area contributed by atoms with E-state index in [0.29, 0.717) is 5.82 Å². The van der Waals surface area contributed by atoms with Crippen molar-refractivity contribution in [1.29, 1.82) is 0 Å². The number of urea groups is 1. The van der Waals surface area contributed by atoms with E-state index < -0.39 is 12.1 Å². The predicted molar refractivity (Wildman–Crippen MR) is 60.8 cm³/mol. The third kappa shape index (κ3) is 3.59. The Morgan fingerprint density at radius 3 is 3.00 bits per heavy atom. The number of aliphatic hydroxyl groups excluding tert-OH is 1. The summed E-state index contributed by atoms with van der Waals surface area (Å²) in [5.41, 5.74) is 0.799. The second-order valence-corrected chi connectivity index (χ2v) is 3.16. The largest absolute Gasteiger partial charge is 0.393 e. The lowest BCUT2D eigenvalue weighted by Crippen LogP contribution is -2.39. The van der Waals surface area contributed by atoms with Gasteiger partial charge in [-0.1, -0.05) is 12.0 Å². The van der Waals surface area contributed by atoms with Crippen LogP contribution in [0.1, 0.15) is 5.69 Å². The lowest BCUT2D eigenvalue weighted by molar-refractivity contribution is 0.237. The van der Waals surface area contributed by atoms with Crippen molar-refractivity contribution < 1.29 is 9.90 Å². The van der Waals surface area contributed by atoms with Crippen LogP contribution < -0.4 is 10.6 Å². The van der Waals surface area contributed by atoms with E-state index in [0.717, 1.165) is 5.69 Å². The average Bonchev–Trinajstić information content (AvgIpc) is 2.26. The van der Waals surface area contributed by atoms with Gasteiger partial charge in [-0.3, -0.25) is 5.32 Å². The highest BCUT2D eigenvalue weighted by Gasteiger charge is 2.08. The van der Waals surface area contributed by atoms with E-state index in [-0.39, 0.29) is 6.61 Å². The number of carbonyl (C=O) groups is 1. The van der Waals surface area contributed by atoms with Crippen molar-refractivity contribution in [2.24, 2.45) is 0 Å². The fourth-order valence-corrected chi connectivity index (χ4v) is 1.06. The Balaban J connectivity index is 2.55. The molecule has 1 aromatic heterocycles. The van der Waals surface area contributed by atoms with Gasteiger partial charge in [0.15, 0.2) is 0 Å². The van der Waals surface area contributed by atoms with Gasteiger partial charge < -0.3 is 10.4 Å². The summed E-state index contributed by atoms with van der Waals surface area (Å²) >= 11 is 0. The molecule has 0 radical (unpaired) electrons. The molecule has 16 heavy (non-hydrogen) atoms. The number of hydrogen-bond acceptors (Lipinski definition) is 3. The van der Waals surface area contributed by atoms with Crippen LogP contribution >= 0.6 is 0 Å². The van der Waals surface area contributed by atoms with Gasteiger partial charge in [-0.05, 0) is 19.1 Å². The van der Waals surface area contributed by atoms with Gasteiger partial charge >= 0.3 is 6.03 Å². The summed E-state index contributed by atoms with van der Waals surface area (Å²) in [4.78, 5) is 15.5. The number of terminal acetylenes is 1. The molecule has 5 nitrogen and oxygen atoms in total. The maximum absolute atomic E-state index is 11.4. The number of carbonyl (C=O) groups excluding carboxylic acids is 1. The molecule has 0 aliphatic rings. The highest BCUT2D eigenvalue weighted by molar-refractivity contribution is 5.88. The predicted octanol–water partition coefficient (Wildman–Crippen LogP) is 0.506. The van der Waals surface area contributed by atoms with Crippen LogP contribution in [0.2, 0.25) is 0 Å². The van der Waals surface area contributed by atoms with Gasteiger partial charge in [0.25, 0.3) is 0 Å². The van der Waals surface area contributed by atoms with Crippen LogP contribution in [0.5, 0.6) is 0 Å². The number of nitrogens with one attached hydrogen (secondary N) is 2. The summed E-state index contributed by atoms with van der Waals surface area (Å²) in [7, 11) is 0. The monoisotopic (exact) mass is 219 g/mol. The molecular weight excluding hydrogens is 206 g/mol. The van der Waals surface area contributed by atoms with Gasteiger partial charge in [-0.25, -0.2) is 9.78 Å². The smallest absolute Gasteiger partial charge is 0.321 e. The number of aryl methyl sites for hydroxylation is 1. The highest BCUT2D eigenvalue weighted by Crippen LogP contribution is 2.03. The lowest BCUT2D eigenvalue weighted by Gasteiger charge is -2.10. The molecule has 0 bridgehead atoms. The Hall–Kier alpha value is -2.06. The Morgan fingerprint density at radius 2 is 2.44 bits per heavy atom. The van der Waals surface area contributed by atoms with Crippen molar-refractivity contribution in [2.45, 2.75) is 13.0 Å². The molecule has 1 rings (SSSR count). The van der Waals surface area contributed by atoms with Gasteiger partial charge in [-0.2, -0.15) is 0 Å². The van der Waals surface area contributed by atoms with Crippen LogP contribution in [0.25, 0.3) is 0 Å². The molecule has 0 saturated carbocycles. The van der Waals surface area contributed by atoms with Gasteiger partial charge in [0.2, 0.25) is 0 Å². The van der Waals surface area contributed by atoms with E-state index in [9.17, 15) is 4.79 Å². The number of nitrogens with zero attached hydrogens (tertiary/aromatic N) is 1. The Morgan fingerprint density at radius 1 is 1.69 bits per heavy atom. The summed E-state index contributed by atoms with van der Waals surface area (Å²) in [6.07, 6.45) is 5.08. The standard InChI is InChI=1S/C11H13N3O2/c1-3-9(7-15)13-11(16)14-10-6-4-5-8(2)12-10/h1,4-6,9,15H,7H2,2H3,(H2,12,13,14,16)/t9-/m1/s1. The van der Waals surface area contributed by atoms with Crippen LogP contribution in [0.15, 0.2) is 18.2 Å². The van der Waals surface area contributed by atoms with Gasteiger partial charge in [0, 0.05) is 5.69 Å². The topological polar surface area (TPSA) is 74.2 Å². The first kappa shape index (κ1) is 12.0. The molecule has 1 heterocycles. The lowest BCUT2D eigenvalue weighted by atomic mass is 10.3. The SMILES string of the molecule is C#C[C@H](CO)NC(=O)Nc1cccc(C)n1. The zero-order valence-corrected chi connectivity index (χ0v) is 8.90.